The maximum Gasteiger partial charge on any atom is 0.222 e. The smallest absolute Gasteiger partial charge is 0.222 e. The van der Waals surface area contributed by atoms with Crippen molar-refractivity contribution in [1.29, 1.82) is 0 Å². The lowest BCUT2D eigenvalue weighted by Crippen LogP contribution is -2.56. The average molecular weight is 261 g/mol. The zero-order valence-electron chi connectivity index (χ0n) is 10.9. The molecule has 1 fully saturated rings. The Labute approximate surface area is 115 Å². The first-order chi connectivity index (χ1) is 8.52. The minimum Gasteiger partial charge on any atom is -0.508 e. The number of aromatic hydroxyl groups is 1. The van der Waals surface area contributed by atoms with Gasteiger partial charge in [0.15, 0.2) is 0 Å². The summed E-state index contributed by atoms with van der Waals surface area (Å²) in [4.78, 5) is 13.8. The standard InChI is InChI=1S/C15H19NO2.CH4/c1-15-8-7-14(18)16(2)13(15)6-3-10-9-11(17)4-5-12(10)15;/h4-5,9,13,17H,3,6-8H2,1-2H3;1H4. The van der Waals surface area contributed by atoms with E-state index < -0.39 is 0 Å². The Hall–Kier alpha value is -1.51. The lowest BCUT2D eigenvalue weighted by Gasteiger charge is -2.50. The van der Waals surface area contributed by atoms with Crippen LogP contribution in [-0.4, -0.2) is 29.0 Å². The maximum atomic E-state index is 11.8. The fourth-order valence-electron chi connectivity index (χ4n) is 3.77. The number of carbonyl (C=O) groups is 1. The Morgan fingerprint density at radius 2 is 2.11 bits per heavy atom. The third-order valence-corrected chi connectivity index (χ3v) is 4.85. The molecule has 1 N–H and O–H groups in total. The predicted molar refractivity (Wildman–Crippen MR) is 76.3 cm³/mol. The maximum absolute atomic E-state index is 11.8. The van der Waals surface area contributed by atoms with Crippen molar-refractivity contribution in [3.8, 4) is 5.75 Å². The average Bonchev–Trinajstić information content (AvgIpc) is 2.34. The molecule has 1 aliphatic heterocycles. The van der Waals surface area contributed by atoms with Crippen molar-refractivity contribution >= 4 is 5.91 Å². The highest BCUT2D eigenvalue weighted by Gasteiger charge is 2.46. The number of phenols is 1. The fourth-order valence-corrected chi connectivity index (χ4v) is 3.77. The first-order valence-electron chi connectivity index (χ1n) is 6.60. The van der Waals surface area contributed by atoms with Gasteiger partial charge in [0.05, 0.1) is 0 Å². The number of hydrogen-bond donors (Lipinski definition) is 1. The molecule has 2 unspecified atom stereocenters. The summed E-state index contributed by atoms with van der Waals surface area (Å²) in [6.07, 6.45) is 3.49. The Bertz CT molecular complexity index is 511. The van der Waals surface area contributed by atoms with Crippen LogP contribution in [-0.2, 0) is 16.6 Å². The second-order valence-corrected chi connectivity index (χ2v) is 5.82. The monoisotopic (exact) mass is 261 g/mol. The van der Waals surface area contributed by atoms with E-state index in [1.165, 1.54) is 11.1 Å². The molecule has 19 heavy (non-hydrogen) atoms. The van der Waals surface area contributed by atoms with Gasteiger partial charge in [0.2, 0.25) is 5.91 Å². The summed E-state index contributed by atoms with van der Waals surface area (Å²) in [5, 5.41) is 9.60. The van der Waals surface area contributed by atoms with Gasteiger partial charge in [0.1, 0.15) is 5.75 Å². The summed E-state index contributed by atoms with van der Waals surface area (Å²) in [5.74, 6) is 0.607. The van der Waals surface area contributed by atoms with Gasteiger partial charge in [-0.05, 0) is 42.5 Å². The number of phenolic OH excluding ortho intramolecular Hbond substituents is 1. The van der Waals surface area contributed by atoms with E-state index in [2.05, 4.69) is 6.92 Å². The van der Waals surface area contributed by atoms with E-state index in [0.717, 1.165) is 19.3 Å². The second-order valence-electron chi connectivity index (χ2n) is 5.82. The zero-order valence-corrected chi connectivity index (χ0v) is 10.9. The van der Waals surface area contributed by atoms with E-state index in [1.807, 2.05) is 24.1 Å². The van der Waals surface area contributed by atoms with Crippen LogP contribution in [0.4, 0.5) is 0 Å². The van der Waals surface area contributed by atoms with Gasteiger partial charge < -0.3 is 10.0 Å². The van der Waals surface area contributed by atoms with Crippen LogP contribution in [0.15, 0.2) is 18.2 Å². The molecular weight excluding hydrogens is 238 g/mol. The molecule has 3 heteroatoms. The minimum absolute atomic E-state index is 0. The third-order valence-electron chi connectivity index (χ3n) is 4.85. The quantitative estimate of drug-likeness (QED) is 0.780. The number of rotatable bonds is 0. The summed E-state index contributed by atoms with van der Waals surface area (Å²) in [6, 6.07) is 5.99. The number of hydrogen-bond acceptors (Lipinski definition) is 2. The van der Waals surface area contributed by atoms with Gasteiger partial charge in [-0.3, -0.25) is 4.79 Å². The predicted octanol–water partition coefficient (Wildman–Crippen LogP) is 2.85. The van der Waals surface area contributed by atoms with E-state index in [1.54, 1.807) is 6.07 Å². The molecule has 1 amide bonds. The van der Waals surface area contributed by atoms with Gasteiger partial charge in [0.25, 0.3) is 0 Å². The summed E-state index contributed by atoms with van der Waals surface area (Å²) in [6.45, 7) is 2.26. The molecule has 104 valence electrons. The molecule has 2 aliphatic rings. The van der Waals surface area contributed by atoms with Crippen LogP contribution in [0.3, 0.4) is 0 Å². The van der Waals surface area contributed by atoms with Crippen molar-refractivity contribution in [3.05, 3.63) is 29.3 Å². The molecule has 0 bridgehead atoms. The van der Waals surface area contributed by atoms with E-state index in [9.17, 15) is 9.90 Å². The molecule has 2 atom stereocenters. The molecule has 0 spiro atoms. The van der Waals surface area contributed by atoms with Gasteiger partial charge in [-0.25, -0.2) is 0 Å². The van der Waals surface area contributed by atoms with Crippen LogP contribution in [0.5, 0.6) is 5.75 Å². The number of aryl methyl sites for hydroxylation is 1. The number of fused-ring (bicyclic) bond motifs is 3. The van der Waals surface area contributed by atoms with Crippen LogP contribution >= 0.6 is 0 Å². The summed E-state index contributed by atoms with van der Waals surface area (Å²) in [5.41, 5.74) is 2.61. The Morgan fingerprint density at radius 1 is 1.37 bits per heavy atom. The Balaban J connectivity index is 0.00000133. The number of likely N-dealkylation sites (tertiary alicyclic amines) is 1. The number of carbonyl (C=O) groups excluding carboxylic acids is 1. The normalized spacial score (nSPS) is 29.3. The SMILES string of the molecule is C.CN1C(=O)CCC2(C)c3ccc(O)cc3CCC12. The molecule has 3 rings (SSSR count). The van der Waals surface area contributed by atoms with Gasteiger partial charge in [0, 0.05) is 24.9 Å². The lowest BCUT2D eigenvalue weighted by atomic mass is 9.63. The van der Waals surface area contributed by atoms with Gasteiger partial charge in [-0.15, -0.1) is 0 Å². The van der Waals surface area contributed by atoms with Gasteiger partial charge >= 0.3 is 0 Å². The van der Waals surface area contributed by atoms with E-state index >= 15 is 0 Å². The fraction of sp³-hybridized carbons (Fsp3) is 0.562. The van der Waals surface area contributed by atoms with Crippen molar-refractivity contribution in [2.24, 2.45) is 0 Å². The molecule has 1 aliphatic carbocycles. The van der Waals surface area contributed by atoms with Gasteiger partial charge in [-0.1, -0.05) is 20.4 Å². The minimum atomic E-state index is 0. The van der Waals surface area contributed by atoms with E-state index in [-0.39, 0.29) is 18.7 Å². The molecular formula is C16H23NO2. The molecule has 1 heterocycles. The van der Waals surface area contributed by atoms with Crippen LogP contribution < -0.4 is 0 Å². The lowest BCUT2D eigenvalue weighted by molar-refractivity contribution is -0.138. The molecule has 3 nitrogen and oxygen atoms in total. The van der Waals surface area contributed by atoms with Crippen LogP contribution in [0.1, 0.15) is 44.7 Å². The second kappa shape index (κ2) is 4.55. The van der Waals surface area contributed by atoms with Crippen molar-refractivity contribution in [3.63, 3.8) is 0 Å². The Kier molecular flexibility index (Phi) is 3.33. The number of piperidine rings is 1. The van der Waals surface area contributed by atoms with Crippen molar-refractivity contribution < 1.29 is 9.90 Å². The molecule has 0 radical (unpaired) electrons. The molecule has 0 saturated carbocycles. The summed E-state index contributed by atoms with van der Waals surface area (Å²) in [7, 11) is 1.93. The van der Waals surface area contributed by atoms with Crippen LogP contribution in [0.2, 0.25) is 0 Å². The molecule has 1 aromatic rings. The number of benzene rings is 1. The topological polar surface area (TPSA) is 40.5 Å². The highest BCUT2D eigenvalue weighted by Crippen LogP contribution is 2.46. The highest BCUT2D eigenvalue weighted by molar-refractivity contribution is 5.78. The number of likely N-dealkylation sites (N-methyl/N-ethyl adjacent to an activating group) is 1. The largest absolute Gasteiger partial charge is 0.508 e. The Morgan fingerprint density at radius 3 is 2.84 bits per heavy atom. The number of nitrogens with zero attached hydrogens (tertiary/aromatic N) is 1. The molecule has 1 saturated heterocycles. The van der Waals surface area contributed by atoms with E-state index in [4.69, 9.17) is 0 Å². The summed E-state index contributed by atoms with van der Waals surface area (Å²) < 4.78 is 0. The van der Waals surface area contributed by atoms with Crippen molar-refractivity contribution in [2.45, 2.75) is 51.5 Å². The third kappa shape index (κ3) is 1.92. The van der Waals surface area contributed by atoms with Crippen LogP contribution in [0.25, 0.3) is 0 Å². The van der Waals surface area contributed by atoms with Crippen molar-refractivity contribution in [1.82, 2.24) is 4.90 Å². The van der Waals surface area contributed by atoms with Gasteiger partial charge in [-0.2, -0.15) is 0 Å². The number of amides is 1. The highest BCUT2D eigenvalue weighted by atomic mass is 16.3. The first kappa shape index (κ1) is 13.9. The summed E-state index contributed by atoms with van der Waals surface area (Å²) >= 11 is 0. The first-order valence-corrected chi connectivity index (χ1v) is 6.60. The molecule has 0 aromatic heterocycles. The molecule has 1 aromatic carbocycles. The zero-order chi connectivity index (χ0) is 12.9. The van der Waals surface area contributed by atoms with Crippen LogP contribution in [0, 0.1) is 0 Å². The van der Waals surface area contributed by atoms with Crippen molar-refractivity contribution in [2.75, 3.05) is 7.05 Å². The van der Waals surface area contributed by atoms with E-state index in [0.29, 0.717) is 18.2 Å².